The van der Waals surface area contributed by atoms with Crippen LogP contribution < -0.4 is 0 Å². The SMILES string of the molecule is Cl.Cl.Clc1ccc2c(c1)Cc1c-2ccc(Cl)c1C(C1=CC=CC1)(c1ccccc1)c1ccccc1.[Zr]. The molecule has 0 bridgehead atoms. The van der Waals surface area contributed by atoms with E-state index in [4.69, 9.17) is 23.2 Å². The smallest absolute Gasteiger partial charge is 0.0685 e. The number of benzene rings is 4. The molecular weight excluding hydrogens is 605 g/mol. The van der Waals surface area contributed by atoms with Crippen molar-refractivity contribution in [2.75, 3.05) is 0 Å². The molecule has 2 aliphatic rings. The van der Waals surface area contributed by atoms with E-state index < -0.39 is 5.41 Å². The molecule has 0 fully saturated rings. The van der Waals surface area contributed by atoms with Gasteiger partial charge in [-0.25, -0.2) is 0 Å². The molecule has 0 spiro atoms. The number of hydrogen-bond donors (Lipinski definition) is 0. The van der Waals surface area contributed by atoms with Gasteiger partial charge in [0.2, 0.25) is 0 Å². The molecule has 0 saturated heterocycles. The van der Waals surface area contributed by atoms with Crippen LogP contribution in [-0.4, -0.2) is 0 Å². The third kappa shape index (κ3) is 4.59. The third-order valence-electron chi connectivity index (χ3n) is 7.03. The van der Waals surface area contributed by atoms with Gasteiger partial charge in [0.25, 0.3) is 0 Å². The van der Waals surface area contributed by atoms with E-state index in [-0.39, 0.29) is 51.0 Å². The van der Waals surface area contributed by atoms with Gasteiger partial charge in [0, 0.05) is 36.2 Å². The summed E-state index contributed by atoms with van der Waals surface area (Å²) in [4.78, 5) is 0. The summed E-state index contributed by atoms with van der Waals surface area (Å²) < 4.78 is 0. The zero-order valence-electron chi connectivity index (χ0n) is 19.4. The molecule has 0 unspecified atom stereocenters. The van der Waals surface area contributed by atoms with Crippen molar-refractivity contribution in [3.8, 4) is 11.1 Å². The van der Waals surface area contributed by atoms with Gasteiger partial charge in [0.1, 0.15) is 0 Å². The Hall–Kier alpha value is -1.60. The molecule has 0 amide bonds. The van der Waals surface area contributed by atoms with Crippen molar-refractivity contribution in [2.24, 2.45) is 0 Å². The number of fused-ring (bicyclic) bond motifs is 3. The zero-order chi connectivity index (χ0) is 22.4. The summed E-state index contributed by atoms with van der Waals surface area (Å²) in [6.45, 7) is 0. The second-order valence-corrected chi connectivity index (χ2v) is 9.58. The Kier molecular flexibility index (Phi) is 9.53. The molecule has 5 heteroatoms. The number of halogens is 4. The summed E-state index contributed by atoms with van der Waals surface area (Å²) in [5.41, 5.74) is 9.55. The largest absolute Gasteiger partial charge is 0.147 e. The Morgan fingerprint density at radius 1 is 0.694 bits per heavy atom. The average Bonchev–Trinajstić information content (AvgIpc) is 3.50. The van der Waals surface area contributed by atoms with Crippen LogP contribution in [0.25, 0.3) is 11.1 Å². The first-order valence-electron chi connectivity index (χ1n) is 11.3. The minimum Gasteiger partial charge on any atom is -0.147 e. The van der Waals surface area contributed by atoms with Gasteiger partial charge in [0.15, 0.2) is 0 Å². The van der Waals surface area contributed by atoms with Crippen molar-refractivity contribution in [3.63, 3.8) is 0 Å². The van der Waals surface area contributed by atoms with E-state index in [1.807, 2.05) is 6.07 Å². The second kappa shape index (κ2) is 11.8. The van der Waals surface area contributed by atoms with Crippen LogP contribution in [0, 0.1) is 0 Å². The fourth-order valence-corrected chi connectivity index (χ4v) is 6.22. The van der Waals surface area contributed by atoms with Crippen molar-refractivity contribution in [3.05, 3.63) is 153 Å². The van der Waals surface area contributed by atoms with Crippen molar-refractivity contribution in [1.82, 2.24) is 0 Å². The Morgan fingerprint density at radius 2 is 1.31 bits per heavy atom. The summed E-state index contributed by atoms with van der Waals surface area (Å²) in [7, 11) is 0. The topological polar surface area (TPSA) is 0 Å². The van der Waals surface area contributed by atoms with Gasteiger partial charge >= 0.3 is 0 Å². The van der Waals surface area contributed by atoms with Crippen molar-refractivity contribution in [2.45, 2.75) is 18.3 Å². The first-order valence-corrected chi connectivity index (χ1v) is 12.0. The van der Waals surface area contributed by atoms with Crippen LogP contribution in [0.5, 0.6) is 0 Å². The molecular formula is C31H24Cl4Zr. The standard InChI is InChI=1S/C31H22Cl2.2ClH.Zr/c32-25-15-16-26-21(19-25)20-28-27(26)17-18-29(33)30(28)31(24-13-7-8-14-24,22-9-3-1-4-10-22)23-11-5-2-6-12-23;;;/h1-13,15-19H,14,20H2;2*1H;. The van der Waals surface area contributed by atoms with Gasteiger partial charge in [-0.3, -0.25) is 0 Å². The molecule has 0 atom stereocenters. The van der Waals surface area contributed by atoms with Crippen LogP contribution in [-0.2, 0) is 38.0 Å². The van der Waals surface area contributed by atoms with Crippen LogP contribution in [0.1, 0.15) is 34.2 Å². The summed E-state index contributed by atoms with van der Waals surface area (Å²) in [5, 5.41) is 1.57. The van der Waals surface area contributed by atoms with Gasteiger partial charge in [-0.2, -0.15) is 0 Å². The van der Waals surface area contributed by atoms with E-state index in [1.165, 1.54) is 44.5 Å². The van der Waals surface area contributed by atoms with E-state index >= 15 is 0 Å². The molecule has 2 aliphatic carbocycles. The van der Waals surface area contributed by atoms with Crippen molar-refractivity contribution in [1.29, 1.82) is 0 Å². The van der Waals surface area contributed by atoms with E-state index in [0.29, 0.717) is 0 Å². The predicted octanol–water partition coefficient (Wildman–Crippen LogP) is 9.63. The maximum absolute atomic E-state index is 7.17. The average molecular weight is 630 g/mol. The molecule has 0 saturated carbocycles. The third-order valence-corrected chi connectivity index (χ3v) is 7.58. The van der Waals surface area contributed by atoms with Crippen LogP contribution in [0.2, 0.25) is 10.0 Å². The Bertz CT molecular complexity index is 1390. The van der Waals surface area contributed by atoms with Crippen LogP contribution in [0.3, 0.4) is 0 Å². The maximum atomic E-state index is 7.17. The zero-order valence-corrected chi connectivity index (χ0v) is 25.0. The van der Waals surface area contributed by atoms with E-state index in [1.54, 1.807) is 0 Å². The fraction of sp³-hybridized carbons (Fsp3) is 0.0968. The van der Waals surface area contributed by atoms with E-state index in [2.05, 4.69) is 103 Å². The first-order chi connectivity index (χ1) is 16.2. The summed E-state index contributed by atoms with van der Waals surface area (Å²) in [6, 6.07) is 32.1. The van der Waals surface area contributed by atoms with Crippen LogP contribution >= 0.6 is 48.0 Å². The minimum absolute atomic E-state index is 0. The normalized spacial score (nSPS) is 13.0. The van der Waals surface area contributed by atoms with Gasteiger partial charge in [-0.1, -0.05) is 114 Å². The summed E-state index contributed by atoms with van der Waals surface area (Å²) >= 11 is 13.6. The Balaban J connectivity index is 0.00000120. The minimum atomic E-state index is -0.486. The van der Waals surface area contributed by atoms with Crippen LogP contribution in [0.4, 0.5) is 0 Å². The van der Waals surface area contributed by atoms with Gasteiger partial charge in [-0.05, 0) is 75.6 Å². The molecule has 0 nitrogen and oxygen atoms in total. The van der Waals surface area contributed by atoms with Gasteiger partial charge in [0.05, 0.1) is 5.41 Å². The molecule has 0 N–H and O–H groups in total. The fourth-order valence-electron chi connectivity index (χ4n) is 5.71. The quantitative estimate of drug-likeness (QED) is 0.174. The van der Waals surface area contributed by atoms with Crippen molar-refractivity contribution >= 4 is 48.0 Å². The Morgan fingerprint density at radius 3 is 1.89 bits per heavy atom. The first kappa shape index (κ1) is 29.0. The molecule has 0 aliphatic heterocycles. The molecule has 0 radical (unpaired) electrons. The van der Waals surface area contributed by atoms with Gasteiger partial charge < -0.3 is 0 Å². The van der Waals surface area contributed by atoms with Crippen LogP contribution in [0.15, 0.2) is 115 Å². The maximum Gasteiger partial charge on any atom is 0.0685 e. The number of rotatable bonds is 4. The predicted molar refractivity (Wildman–Crippen MR) is 154 cm³/mol. The second-order valence-electron chi connectivity index (χ2n) is 8.73. The molecule has 6 rings (SSSR count). The molecule has 180 valence electrons. The molecule has 0 heterocycles. The summed E-state index contributed by atoms with van der Waals surface area (Å²) in [5.74, 6) is 0. The summed E-state index contributed by atoms with van der Waals surface area (Å²) in [6.07, 6.45) is 8.39. The van der Waals surface area contributed by atoms with E-state index in [9.17, 15) is 0 Å². The molecule has 4 aromatic carbocycles. The molecule has 36 heavy (non-hydrogen) atoms. The monoisotopic (exact) mass is 626 g/mol. The molecule has 4 aromatic rings. The van der Waals surface area contributed by atoms with Crippen molar-refractivity contribution < 1.29 is 26.2 Å². The number of allylic oxidation sites excluding steroid dienone is 4. The van der Waals surface area contributed by atoms with Gasteiger partial charge in [-0.15, -0.1) is 24.8 Å². The number of hydrogen-bond acceptors (Lipinski definition) is 0. The van der Waals surface area contributed by atoms with E-state index in [0.717, 1.165) is 22.9 Å². The Labute approximate surface area is 254 Å². The molecule has 0 aromatic heterocycles.